The third-order valence-electron chi connectivity index (χ3n) is 5.15. The molecule has 0 radical (unpaired) electrons. The summed E-state index contributed by atoms with van der Waals surface area (Å²) in [5.74, 6) is 2.62. The highest BCUT2D eigenvalue weighted by atomic mass is 32.1. The number of anilines is 1. The molecule has 3 nitrogen and oxygen atoms in total. The maximum Gasteiger partial charge on any atom is 0.138 e. The summed E-state index contributed by atoms with van der Waals surface area (Å²) in [6.07, 6.45) is 7.46. The van der Waals surface area contributed by atoms with Crippen molar-refractivity contribution in [1.29, 1.82) is 0 Å². The summed E-state index contributed by atoms with van der Waals surface area (Å²) in [5.41, 5.74) is 2.63. The summed E-state index contributed by atoms with van der Waals surface area (Å²) in [5, 5.41) is 7.01. The van der Waals surface area contributed by atoms with Crippen molar-refractivity contribution in [3.63, 3.8) is 0 Å². The Labute approximate surface area is 153 Å². The molecule has 3 aromatic rings. The fourth-order valence-corrected chi connectivity index (χ4v) is 4.67. The van der Waals surface area contributed by atoms with Gasteiger partial charge in [0, 0.05) is 12.5 Å². The maximum absolute atomic E-state index is 4.97. The minimum atomic E-state index is 0.537. The largest absolute Gasteiger partial charge is 0.369 e. The van der Waals surface area contributed by atoms with Crippen LogP contribution in [-0.4, -0.2) is 16.5 Å². The molecule has 0 aliphatic heterocycles. The fourth-order valence-electron chi connectivity index (χ4n) is 3.74. The van der Waals surface area contributed by atoms with E-state index in [1.165, 1.54) is 48.6 Å². The average Bonchev–Trinajstić information content (AvgIpc) is 3.04. The smallest absolute Gasteiger partial charge is 0.138 e. The summed E-state index contributed by atoms with van der Waals surface area (Å²) >= 11 is 1.74. The number of nitrogens with one attached hydrogen (secondary N) is 1. The van der Waals surface area contributed by atoms with Crippen molar-refractivity contribution in [2.75, 3.05) is 11.9 Å². The standard InChI is InChI=1S/C21H25N3S/c1-15-14-25-21-18(15)20(22-13-12-16-8-4-2-5-9-16)23-19(24-21)17-10-6-3-7-11-17/h2,4-5,8-9,14,17H,3,6-7,10-13H2,1H3,(H,22,23,24). The highest BCUT2D eigenvalue weighted by Crippen LogP contribution is 2.35. The molecule has 2 aromatic heterocycles. The van der Waals surface area contributed by atoms with E-state index in [1.54, 1.807) is 11.3 Å². The first-order chi connectivity index (χ1) is 12.3. The average molecular weight is 352 g/mol. The molecule has 1 fully saturated rings. The number of aryl methyl sites for hydroxylation is 1. The van der Waals surface area contributed by atoms with Crippen LogP contribution in [0.5, 0.6) is 0 Å². The van der Waals surface area contributed by atoms with Gasteiger partial charge in [-0.15, -0.1) is 11.3 Å². The second-order valence-electron chi connectivity index (χ2n) is 7.03. The molecule has 25 heavy (non-hydrogen) atoms. The van der Waals surface area contributed by atoms with Crippen molar-refractivity contribution in [1.82, 2.24) is 9.97 Å². The van der Waals surface area contributed by atoms with Crippen LogP contribution in [0.1, 0.15) is 55.0 Å². The highest BCUT2D eigenvalue weighted by molar-refractivity contribution is 7.17. The van der Waals surface area contributed by atoms with E-state index in [1.807, 2.05) is 0 Å². The Morgan fingerprint density at radius 2 is 1.88 bits per heavy atom. The number of hydrogen-bond donors (Lipinski definition) is 1. The SMILES string of the molecule is Cc1csc2nc(C3CCCCC3)nc(NCCc3ccccc3)c12. The lowest BCUT2D eigenvalue weighted by Gasteiger charge is -2.21. The number of fused-ring (bicyclic) bond motifs is 1. The van der Waals surface area contributed by atoms with Gasteiger partial charge < -0.3 is 5.32 Å². The van der Waals surface area contributed by atoms with Gasteiger partial charge in [0.2, 0.25) is 0 Å². The highest BCUT2D eigenvalue weighted by Gasteiger charge is 2.21. The van der Waals surface area contributed by atoms with Gasteiger partial charge in [-0.2, -0.15) is 0 Å². The van der Waals surface area contributed by atoms with Crippen molar-refractivity contribution in [2.45, 2.75) is 51.4 Å². The van der Waals surface area contributed by atoms with Gasteiger partial charge in [0.05, 0.1) is 5.39 Å². The molecule has 0 saturated heterocycles. The summed E-state index contributed by atoms with van der Waals surface area (Å²) in [7, 11) is 0. The molecular weight excluding hydrogens is 326 g/mol. The zero-order chi connectivity index (χ0) is 17.1. The van der Waals surface area contributed by atoms with Crippen molar-refractivity contribution >= 4 is 27.4 Å². The van der Waals surface area contributed by atoms with Crippen molar-refractivity contribution in [2.24, 2.45) is 0 Å². The Kier molecular flexibility index (Phi) is 4.97. The Bertz CT molecular complexity index is 835. The van der Waals surface area contributed by atoms with Crippen molar-refractivity contribution in [3.8, 4) is 0 Å². The molecule has 1 aliphatic carbocycles. The van der Waals surface area contributed by atoms with Crippen LogP contribution >= 0.6 is 11.3 Å². The number of aromatic nitrogens is 2. The molecule has 130 valence electrons. The number of rotatable bonds is 5. The number of nitrogens with zero attached hydrogens (tertiary/aromatic N) is 2. The predicted octanol–water partition coefficient (Wildman–Crippen LogP) is 5.70. The van der Waals surface area contributed by atoms with Gasteiger partial charge in [-0.1, -0.05) is 49.6 Å². The Morgan fingerprint density at radius 1 is 1.08 bits per heavy atom. The second-order valence-corrected chi connectivity index (χ2v) is 7.88. The van der Waals surface area contributed by atoms with E-state index >= 15 is 0 Å². The van der Waals surface area contributed by atoms with Gasteiger partial charge in [0.1, 0.15) is 16.5 Å². The first-order valence-electron chi connectivity index (χ1n) is 9.35. The molecule has 0 unspecified atom stereocenters. The van der Waals surface area contributed by atoms with Gasteiger partial charge in [0.25, 0.3) is 0 Å². The van der Waals surface area contributed by atoms with Crippen LogP contribution in [0.15, 0.2) is 35.7 Å². The molecule has 1 aliphatic rings. The molecule has 0 spiro atoms. The third-order valence-corrected chi connectivity index (χ3v) is 6.14. The minimum Gasteiger partial charge on any atom is -0.369 e. The Balaban J connectivity index is 1.58. The third kappa shape index (κ3) is 3.69. The molecule has 1 saturated carbocycles. The van der Waals surface area contributed by atoms with Gasteiger partial charge >= 0.3 is 0 Å². The first-order valence-corrected chi connectivity index (χ1v) is 10.2. The van der Waals surface area contributed by atoms with E-state index in [0.717, 1.165) is 29.4 Å². The minimum absolute atomic E-state index is 0.537. The van der Waals surface area contributed by atoms with E-state index in [9.17, 15) is 0 Å². The van der Waals surface area contributed by atoms with Crippen LogP contribution in [-0.2, 0) is 6.42 Å². The van der Waals surface area contributed by atoms with Crippen LogP contribution in [0.2, 0.25) is 0 Å². The van der Waals surface area contributed by atoms with Gasteiger partial charge in [0.15, 0.2) is 0 Å². The van der Waals surface area contributed by atoms with Crippen LogP contribution < -0.4 is 5.32 Å². The van der Waals surface area contributed by atoms with E-state index in [4.69, 9.17) is 9.97 Å². The summed E-state index contributed by atoms with van der Waals surface area (Å²) in [4.78, 5) is 11.0. The molecule has 4 heteroatoms. The zero-order valence-corrected chi connectivity index (χ0v) is 15.6. The van der Waals surface area contributed by atoms with Gasteiger partial charge in [-0.3, -0.25) is 0 Å². The summed E-state index contributed by atoms with van der Waals surface area (Å²) in [6.45, 7) is 3.06. The van der Waals surface area contributed by atoms with Gasteiger partial charge in [-0.25, -0.2) is 9.97 Å². The molecule has 1 aromatic carbocycles. The number of benzene rings is 1. The van der Waals surface area contributed by atoms with Crippen molar-refractivity contribution in [3.05, 3.63) is 52.7 Å². The number of thiophene rings is 1. The molecule has 0 bridgehead atoms. The normalized spacial score (nSPS) is 15.6. The topological polar surface area (TPSA) is 37.8 Å². The lowest BCUT2D eigenvalue weighted by Crippen LogP contribution is -2.12. The fraction of sp³-hybridized carbons (Fsp3) is 0.429. The van der Waals surface area contributed by atoms with Crippen LogP contribution in [0.4, 0.5) is 5.82 Å². The molecule has 0 atom stereocenters. The summed E-state index contributed by atoms with van der Waals surface area (Å²) in [6, 6.07) is 10.6. The lowest BCUT2D eigenvalue weighted by atomic mass is 9.88. The second kappa shape index (κ2) is 7.52. The molecular formula is C21H25N3S. The van der Waals surface area contributed by atoms with Gasteiger partial charge in [-0.05, 0) is 42.7 Å². The maximum atomic E-state index is 4.97. The lowest BCUT2D eigenvalue weighted by molar-refractivity contribution is 0.430. The van der Waals surface area contributed by atoms with Crippen LogP contribution in [0, 0.1) is 6.92 Å². The molecule has 2 heterocycles. The molecule has 4 rings (SSSR count). The van der Waals surface area contributed by atoms with E-state index in [0.29, 0.717) is 5.92 Å². The van der Waals surface area contributed by atoms with Crippen LogP contribution in [0.25, 0.3) is 10.2 Å². The van der Waals surface area contributed by atoms with Crippen molar-refractivity contribution < 1.29 is 0 Å². The first kappa shape index (κ1) is 16.5. The zero-order valence-electron chi connectivity index (χ0n) is 14.8. The molecule has 0 amide bonds. The predicted molar refractivity (Wildman–Crippen MR) is 107 cm³/mol. The number of hydrogen-bond acceptors (Lipinski definition) is 4. The van der Waals surface area contributed by atoms with E-state index in [2.05, 4.69) is 48.0 Å². The van der Waals surface area contributed by atoms with E-state index < -0.39 is 0 Å². The molecule has 1 N–H and O–H groups in total. The van der Waals surface area contributed by atoms with E-state index in [-0.39, 0.29) is 0 Å². The van der Waals surface area contributed by atoms with Crippen LogP contribution in [0.3, 0.4) is 0 Å². The monoisotopic (exact) mass is 351 g/mol. The Morgan fingerprint density at radius 3 is 2.68 bits per heavy atom. The Hall–Kier alpha value is -1.94. The summed E-state index contributed by atoms with van der Waals surface area (Å²) < 4.78 is 0. The quantitative estimate of drug-likeness (QED) is 0.640.